The molecule has 1 unspecified atom stereocenters. The van der Waals surface area contributed by atoms with Gasteiger partial charge in [-0.3, -0.25) is 4.39 Å². The Balaban J connectivity index is 3.22. The maximum absolute atomic E-state index is 13.0. The Labute approximate surface area is 75.6 Å². The highest BCUT2D eigenvalue weighted by Gasteiger charge is 2.13. The summed E-state index contributed by atoms with van der Waals surface area (Å²) in [4.78, 5) is 0. The minimum absolute atomic E-state index is 0.111. The molecule has 0 spiro atoms. The first-order valence-corrected chi connectivity index (χ1v) is 3.78. The van der Waals surface area contributed by atoms with Crippen LogP contribution in [0.1, 0.15) is 17.0 Å². The van der Waals surface area contributed by atoms with Crippen LogP contribution in [-0.2, 0) is 0 Å². The second-order valence-electron chi connectivity index (χ2n) is 2.67. The Morgan fingerprint density at radius 2 is 2.23 bits per heavy atom. The molecule has 1 aromatic rings. The van der Waals surface area contributed by atoms with Gasteiger partial charge in [-0.1, -0.05) is 12.1 Å². The van der Waals surface area contributed by atoms with E-state index in [1.54, 1.807) is 6.07 Å². The van der Waals surface area contributed by atoms with Crippen LogP contribution in [0.4, 0.5) is 8.78 Å². The van der Waals surface area contributed by atoms with E-state index < -0.39 is 18.4 Å². The first-order valence-electron chi connectivity index (χ1n) is 3.78. The molecule has 0 amide bonds. The molecule has 0 aliphatic carbocycles. The summed E-state index contributed by atoms with van der Waals surface area (Å²) in [5.41, 5.74) is 0.213. The topological polar surface area (TPSA) is 23.8 Å². The fourth-order valence-corrected chi connectivity index (χ4v) is 1.08. The highest BCUT2D eigenvalue weighted by atomic mass is 19.1. The van der Waals surface area contributed by atoms with Crippen molar-refractivity contribution in [3.05, 3.63) is 42.1 Å². The number of benzene rings is 1. The van der Waals surface area contributed by atoms with Gasteiger partial charge in [-0.05, 0) is 18.6 Å². The molecule has 67 valence electrons. The van der Waals surface area contributed by atoms with Crippen molar-refractivity contribution in [3.63, 3.8) is 0 Å². The predicted octanol–water partition coefficient (Wildman–Crippen LogP) is 2.58. The number of hydrogen-bond donors (Lipinski definition) is 0. The van der Waals surface area contributed by atoms with Gasteiger partial charge in [-0.15, -0.1) is 0 Å². The van der Waals surface area contributed by atoms with Gasteiger partial charge in [-0.25, -0.2) is 4.39 Å². The summed E-state index contributed by atoms with van der Waals surface area (Å²) in [6.07, 6.45) is 0. The molecule has 1 radical (unpaired) electrons. The monoisotopic (exact) mass is 180 g/mol. The van der Waals surface area contributed by atoms with Crippen molar-refractivity contribution in [3.8, 4) is 6.07 Å². The normalized spacial score (nSPS) is 12.2. The number of alkyl halides is 1. The molecule has 0 aromatic heterocycles. The molecule has 0 aliphatic rings. The van der Waals surface area contributed by atoms with Crippen molar-refractivity contribution < 1.29 is 8.78 Å². The highest BCUT2D eigenvalue weighted by molar-refractivity contribution is 5.41. The summed E-state index contributed by atoms with van der Waals surface area (Å²) < 4.78 is 25.2. The van der Waals surface area contributed by atoms with Crippen LogP contribution >= 0.6 is 0 Å². The standard InChI is InChI=1S/C10H8F2N/c1-7(5-11)8-3-2-4-10(12)9(8)6-13/h2-4,7H,1,5H2. The van der Waals surface area contributed by atoms with Gasteiger partial charge in [0.15, 0.2) is 0 Å². The maximum Gasteiger partial charge on any atom is 0.141 e. The van der Waals surface area contributed by atoms with Crippen LogP contribution in [-0.4, -0.2) is 6.67 Å². The van der Waals surface area contributed by atoms with Crippen LogP contribution in [0.3, 0.4) is 0 Å². The molecule has 0 heterocycles. The zero-order valence-electron chi connectivity index (χ0n) is 6.93. The lowest BCUT2D eigenvalue weighted by molar-refractivity contribution is 0.464. The van der Waals surface area contributed by atoms with E-state index in [2.05, 4.69) is 6.92 Å². The minimum Gasteiger partial charge on any atom is -0.250 e. The van der Waals surface area contributed by atoms with Crippen molar-refractivity contribution >= 4 is 0 Å². The molecular weight excluding hydrogens is 172 g/mol. The lowest BCUT2D eigenvalue weighted by Crippen LogP contribution is -2.01. The third-order valence-electron chi connectivity index (χ3n) is 1.78. The molecule has 0 saturated carbocycles. The Morgan fingerprint density at radius 3 is 2.77 bits per heavy atom. The van der Waals surface area contributed by atoms with Gasteiger partial charge >= 0.3 is 0 Å². The Bertz CT molecular complexity index is 341. The molecule has 0 aliphatic heterocycles. The van der Waals surface area contributed by atoms with Crippen LogP contribution in [0.2, 0.25) is 0 Å². The molecule has 1 atom stereocenters. The number of hydrogen-bond acceptors (Lipinski definition) is 1. The fourth-order valence-electron chi connectivity index (χ4n) is 1.08. The lowest BCUT2D eigenvalue weighted by Gasteiger charge is -2.08. The second-order valence-corrected chi connectivity index (χ2v) is 2.67. The summed E-state index contributed by atoms with van der Waals surface area (Å²) in [6, 6.07) is 5.83. The van der Waals surface area contributed by atoms with Crippen LogP contribution in [0, 0.1) is 24.1 Å². The number of nitriles is 1. The SMILES string of the molecule is [CH2]C(CF)c1cccc(F)c1C#N. The average Bonchev–Trinajstić information content (AvgIpc) is 2.16. The average molecular weight is 180 g/mol. The maximum atomic E-state index is 13.0. The Kier molecular flexibility index (Phi) is 2.97. The van der Waals surface area contributed by atoms with Gasteiger partial charge < -0.3 is 0 Å². The van der Waals surface area contributed by atoms with E-state index in [1.807, 2.05) is 0 Å². The molecule has 0 saturated heterocycles. The van der Waals surface area contributed by atoms with Crippen molar-refractivity contribution in [2.45, 2.75) is 5.92 Å². The first kappa shape index (κ1) is 9.66. The number of rotatable bonds is 2. The fraction of sp³-hybridized carbons (Fsp3) is 0.200. The van der Waals surface area contributed by atoms with E-state index in [0.29, 0.717) is 5.56 Å². The first-order chi connectivity index (χ1) is 6.20. The Hall–Kier alpha value is -1.43. The summed E-state index contributed by atoms with van der Waals surface area (Å²) in [5, 5.41) is 8.60. The van der Waals surface area contributed by atoms with Crippen LogP contribution in [0.5, 0.6) is 0 Å². The third-order valence-corrected chi connectivity index (χ3v) is 1.78. The van der Waals surface area contributed by atoms with Gasteiger partial charge in [0.2, 0.25) is 0 Å². The van der Waals surface area contributed by atoms with E-state index in [-0.39, 0.29) is 5.56 Å². The van der Waals surface area contributed by atoms with Gasteiger partial charge in [0.05, 0.1) is 12.2 Å². The van der Waals surface area contributed by atoms with Gasteiger partial charge in [0.25, 0.3) is 0 Å². The summed E-state index contributed by atoms with van der Waals surface area (Å²) in [7, 11) is 0. The van der Waals surface area contributed by atoms with Gasteiger partial charge in [-0.2, -0.15) is 5.26 Å². The molecule has 0 N–H and O–H groups in total. The largest absolute Gasteiger partial charge is 0.250 e. The molecule has 0 fully saturated rings. The summed E-state index contributed by atoms with van der Waals surface area (Å²) >= 11 is 0. The second kappa shape index (κ2) is 3.99. The zero-order valence-corrected chi connectivity index (χ0v) is 6.93. The number of nitrogens with zero attached hydrogens (tertiary/aromatic N) is 1. The third kappa shape index (κ3) is 1.83. The molecule has 3 heteroatoms. The van der Waals surface area contributed by atoms with Crippen molar-refractivity contribution in [2.75, 3.05) is 6.67 Å². The van der Waals surface area contributed by atoms with Crippen molar-refractivity contribution in [2.24, 2.45) is 0 Å². The Morgan fingerprint density at radius 1 is 1.54 bits per heavy atom. The molecule has 1 rings (SSSR count). The summed E-state index contributed by atoms with van der Waals surface area (Å²) in [6.45, 7) is 2.79. The van der Waals surface area contributed by atoms with Crippen molar-refractivity contribution in [1.82, 2.24) is 0 Å². The molecule has 1 aromatic carbocycles. The van der Waals surface area contributed by atoms with Crippen molar-refractivity contribution in [1.29, 1.82) is 5.26 Å². The highest BCUT2D eigenvalue weighted by Crippen LogP contribution is 2.21. The van der Waals surface area contributed by atoms with Gasteiger partial charge in [0.1, 0.15) is 11.9 Å². The zero-order chi connectivity index (χ0) is 9.84. The van der Waals surface area contributed by atoms with Crippen LogP contribution < -0.4 is 0 Å². The molecule has 1 nitrogen and oxygen atoms in total. The van der Waals surface area contributed by atoms with Crippen LogP contribution in [0.15, 0.2) is 18.2 Å². The van der Waals surface area contributed by atoms with E-state index in [0.717, 1.165) is 0 Å². The quantitative estimate of drug-likeness (QED) is 0.686. The van der Waals surface area contributed by atoms with E-state index in [1.165, 1.54) is 18.2 Å². The van der Waals surface area contributed by atoms with E-state index >= 15 is 0 Å². The number of halogens is 2. The summed E-state index contributed by atoms with van der Waals surface area (Å²) in [5.74, 6) is -1.30. The van der Waals surface area contributed by atoms with E-state index in [4.69, 9.17) is 5.26 Å². The smallest absolute Gasteiger partial charge is 0.141 e. The molecule has 13 heavy (non-hydrogen) atoms. The van der Waals surface area contributed by atoms with E-state index in [9.17, 15) is 8.78 Å². The minimum atomic E-state index is -0.696. The van der Waals surface area contributed by atoms with Crippen LogP contribution in [0.25, 0.3) is 0 Å². The predicted molar refractivity (Wildman–Crippen MR) is 45.2 cm³/mol. The lowest BCUT2D eigenvalue weighted by atomic mass is 9.97. The van der Waals surface area contributed by atoms with Gasteiger partial charge in [0, 0.05) is 5.92 Å². The molecule has 0 bridgehead atoms. The molecular formula is C10H8F2N.